The Bertz CT molecular complexity index is 936. The van der Waals surface area contributed by atoms with Gasteiger partial charge in [-0.25, -0.2) is 0 Å². The third kappa shape index (κ3) is 3.30. The van der Waals surface area contributed by atoms with Gasteiger partial charge in [0.05, 0.1) is 16.4 Å². The molecule has 1 aliphatic rings. The van der Waals surface area contributed by atoms with Crippen molar-refractivity contribution in [3.8, 4) is 21.9 Å². The second kappa shape index (κ2) is 7.05. The minimum absolute atomic E-state index is 0.0757. The zero-order valence-electron chi connectivity index (χ0n) is 14.1. The molecule has 3 aromatic rings. The van der Waals surface area contributed by atoms with Gasteiger partial charge in [0, 0.05) is 29.9 Å². The molecule has 1 unspecified atom stereocenters. The number of rotatable bonds is 4. The highest BCUT2D eigenvalue weighted by molar-refractivity contribution is 7.19. The van der Waals surface area contributed by atoms with Gasteiger partial charge in [-0.2, -0.15) is 0 Å². The Kier molecular flexibility index (Phi) is 4.61. The highest BCUT2D eigenvalue weighted by Gasteiger charge is 2.25. The average molecular weight is 389 g/mol. The number of H-pyrrole nitrogens is 1. The summed E-state index contributed by atoms with van der Waals surface area (Å²) in [7, 11) is 1.77. The summed E-state index contributed by atoms with van der Waals surface area (Å²) in [4.78, 5) is 18.5. The number of hydrogen-bond donors (Lipinski definition) is 1. The van der Waals surface area contributed by atoms with Gasteiger partial charge in [0.2, 0.25) is 0 Å². The van der Waals surface area contributed by atoms with Crippen LogP contribution in [0.4, 0.5) is 0 Å². The summed E-state index contributed by atoms with van der Waals surface area (Å²) in [5.41, 5.74) is 1.47. The molecule has 0 aliphatic carbocycles. The van der Waals surface area contributed by atoms with Crippen LogP contribution in [0.5, 0.6) is 11.5 Å². The highest BCUT2D eigenvalue weighted by Crippen LogP contribution is 2.34. The van der Waals surface area contributed by atoms with Gasteiger partial charge in [0.15, 0.2) is 17.6 Å². The maximum Gasteiger partial charge on any atom is 0.255 e. The molecule has 7 heteroatoms. The summed E-state index contributed by atoms with van der Waals surface area (Å²) in [6, 6.07) is 11.3. The Morgan fingerprint density at radius 1 is 1.27 bits per heavy atom. The van der Waals surface area contributed by atoms with E-state index < -0.39 is 0 Å². The van der Waals surface area contributed by atoms with Crippen molar-refractivity contribution in [2.45, 2.75) is 6.10 Å². The topological polar surface area (TPSA) is 54.6 Å². The van der Waals surface area contributed by atoms with Crippen LogP contribution in [0, 0.1) is 0 Å². The third-order valence-corrected chi connectivity index (χ3v) is 5.47. The molecule has 1 aliphatic heterocycles. The van der Waals surface area contributed by atoms with Crippen molar-refractivity contribution < 1.29 is 14.3 Å². The molecule has 1 atom stereocenters. The van der Waals surface area contributed by atoms with Gasteiger partial charge in [-0.3, -0.25) is 4.79 Å². The summed E-state index contributed by atoms with van der Waals surface area (Å²) in [5.74, 6) is 1.37. The molecule has 1 N–H and O–H groups in total. The number of aromatic amines is 1. The first-order valence-electron chi connectivity index (χ1n) is 8.18. The fraction of sp³-hybridized carbons (Fsp3) is 0.211. The second-order valence-electron chi connectivity index (χ2n) is 6.07. The van der Waals surface area contributed by atoms with Crippen LogP contribution in [0.15, 0.2) is 48.8 Å². The molecule has 0 saturated heterocycles. The fourth-order valence-electron chi connectivity index (χ4n) is 2.95. The monoisotopic (exact) mass is 388 g/mol. The number of ether oxygens (including phenoxy) is 2. The Labute approximate surface area is 160 Å². The number of benzene rings is 1. The zero-order valence-corrected chi connectivity index (χ0v) is 15.6. The molecule has 1 amide bonds. The van der Waals surface area contributed by atoms with Gasteiger partial charge in [-0.1, -0.05) is 23.7 Å². The SMILES string of the molecule is CN(CC1COc2ccccc2O1)C(=O)c1c[nH]cc1-c1ccc(Cl)s1. The molecule has 26 heavy (non-hydrogen) atoms. The van der Waals surface area contributed by atoms with Crippen molar-refractivity contribution >= 4 is 28.8 Å². The lowest BCUT2D eigenvalue weighted by molar-refractivity contribution is 0.0521. The minimum atomic E-state index is -0.211. The fourth-order valence-corrected chi connectivity index (χ4v) is 4.02. The first-order chi connectivity index (χ1) is 12.6. The number of para-hydroxylation sites is 2. The van der Waals surface area contributed by atoms with Crippen molar-refractivity contribution in [1.29, 1.82) is 0 Å². The predicted octanol–water partition coefficient (Wildman–Crippen LogP) is 4.31. The molecular formula is C19H17ClN2O3S. The average Bonchev–Trinajstić information content (AvgIpc) is 3.29. The van der Waals surface area contributed by atoms with E-state index in [0.717, 1.165) is 16.2 Å². The van der Waals surface area contributed by atoms with E-state index in [2.05, 4.69) is 4.98 Å². The highest BCUT2D eigenvalue weighted by atomic mass is 35.5. The van der Waals surface area contributed by atoms with Crippen molar-refractivity contribution in [2.24, 2.45) is 0 Å². The standard InChI is InChI=1S/C19H17ClN2O3S/c1-22(10-12-11-24-15-4-2-3-5-16(15)25-12)19(23)14-9-21-8-13(14)17-6-7-18(20)26-17/h2-9,12,21H,10-11H2,1H3. The lowest BCUT2D eigenvalue weighted by atomic mass is 10.1. The quantitative estimate of drug-likeness (QED) is 0.724. The second-order valence-corrected chi connectivity index (χ2v) is 7.78. The number of thiophene rings is 1. The molecule has 0 bridgehead atoms. The Morgan fingerprint density at radius 2 is 2.08 bits per heavy atom. The summed E-state index contributed by atoms with van der Waals surface area (Å²) in [6.07, 6.45) is 3.33. The molecular weight excluding hydrogens is 372 g/mol. The van der Waals surface area contributed by atoms with Crippen molar-refractivity contribution in [2.75, 3.05) is 20.2 Å². The number of likely N-dealkylation sites (N-methyl/N-ethyl adjacent to an activating group) is 1. The molecule has 0 spiro atoms. The molecule has 1 aromatic carbocycles. The minimum Gasteiger partial charge on any atom is -0.486 e. The molecule has 134 valence electrons. The van der Waals surface area contributed by atoms with Gasteiger partial charge in [0.1, 0.15) is 6.61 Å². The normalized spacial score (nSPS) is 15.7. The number of nitrogens with one attached hydrogen (secondary N) is 1. The smallest absolute Gasteiger partial charge is 0.255 e. The first-order valence-corrected chi connectivity index (χ1v) is 9.37. The van der Waals surface area contributed by atoms with E-state index in [0.29, 0.717) is 28.8 Å². The van der Waals surface area contributed by atoms with Crippen LogP contribution >= 0.6 is 22.9 Å². The van der Waals surface area contributed by atoms with E-state index >= 15 is 0 Å². The third-order valence-electron chi connectivity index (χ3n) is 4.21. The van der Waals surface area contributed by atoms with Crippen LogP contribution in [0.25, 0.3) is 10.4 Å². The Balaban J connectivity index is 1.47. The zero-order chi connectivity index (χ0) is 18.1. The lowest BCUT2D eigenvalue weighted by Crippen LogP contribution is -2.41. The van der Waals surface area contributed by atoms with E-state index in [-0.39, 0.29) is 12.0 Å². The lowest BCUT2D eigenvalue weighted by Gasteiger charge is -2.29. The number of halogens is 1. The van der Waals surface area contributed by atoms with E-state index in [1.807, 2.05) is 42.6 Å². The maximum absolute atomic E-state index is 12.9. The largest absolute Gasteiger partial charge is 0.486 e. The summed E-state index contributed by atoms with van der Waals surface area (Å²) in [5, 5.41) is 0. The van der Waals surface area contributed by atoms with Crippen LogP contribution in [0.1, 0.15) is 10.4 Å². The summed E-state index contributed by atoms with van der Waals surface area (Å²) < 4.78 is 12.4. The number of aromatic nitrogens is 1. The van der Waals surface area contributed by atoms with Gasteiger partial charge < -0.3 is 19.4 Å². The molecule has 0 fully saturated rings. The predicted molar refractivity (Wildman–Crippen MR) is 102 cm³/mol. The Morgan fingerprint density at radius 3 is 2.85 bits per heavy atom. The number of nitrogens with zero attached hydrogens (tertiary/aromatic N) is 1. The Hall–Kier alpha value is -2.44. The molecule has 5 nitrogen and oxygen atoms in total. The van der Waals surface area contributed by atoms with Gasteiger partial charge >= 0.3 is 0 Å². The van der Waals surface area contributed by atoms with Crippen LogP contribution in [-0.2, 0) is 0 Å². The van der Waals surface area contributed by atoms with Crippen LogP contribution in [0.3, 0.4) is 0 Å². The van der Waals surface area contributed by atoms with E-state index in [1.165, 1.54) is 11.3 Å². The number of carbonyl (C=O) groups is 1. The first kappa shape index (κ1) is 17.0. The van der Waals surface area contributed by atoms with Crippen LogP contribution in [0.2, 0.25) is 4.34 Å². The summed E-state index contributed by atoms with van der Waals surface area (Å²) in [6.45, 7) is 0.845. The van der Waals surface area contributed by atoms with Crippen molar-refractivity contribution in [3.05, 3.63) is 58.7 Å². The van der Waals surface area contributed by atoms with Gasteiger partial charge in [-0.05, 0) is 24.3 Å². The number of amides is 1. The molecule has 4 rings (SSSR count). The van der Waals surface area contributed by atoms with Crippen molar-refractivity contribution in [3.63, 3.8) is 0 Å². The summed E-state index contributed by atoms with van der Waals surface area (Å²) >= 11 is 7.47. The molecule has 0 radical (unpaired) electrons. The van der Waals surface area contributed by atoms with Crippen LogP contribution < -0.4 is 9.47 Å². The van der Waals surface area contributed by atoms with Crippen LogP contribution in [-0.4, -0.2) is 42.1 Å². The van der Waals surface area contributed by atoms with E-state index in [9.17, 15) is 4.79 Å². The number of fused-ring (bicyclic) bond motifs is 1. The van der Waals surface area contributed by atoms with E-state index in [1.54, 1.807) is 18.1 Å². The molecule has 2 aromatic heterocycles. The molecule has 0 saturated carbocycles. The molecule has 3 heterocycles. The van der Waals surface area contributed by atoms with Gasteiger partial charge in [-0.15, -0.1) is 11.3 Å². The number of hydrogen-bond acceptors (Lipinski definition) is 4. The number of carbonyl (C=O) groups excluding carboxylic acids is 1. The van der Waals surface area contributed by atoms with Gasteiger partial charge in [0.25, 0.3) is 5.91 Å². The van der Waals surface area contributed by atoms with Crippen molar-refractivity contribution in [1.82, 2.24) is 9.88 Å². The maximum atomic E-state index is 12.9. The van der Waals surface area contributed by atoms with E-state index in [4.69, 9.17) is 21.1 Å².